The third-order valence-electron chi connectivity index (χ3n) is 3.52. The molecule has 0 fully saturated rings. The molecule has 3 aromatic rings. The summed E-state index contributed by atoms with van der Waals surface area (Å²) in [4.78, 5) is 12.4. The van der Waals surface area contributed by atoms with Crippen molar-refractivity contribution in [2.75, 3.05) is 0 Å². The second kappa shape index (κ2) is 6.48. The average molecular weight is 310 g/mol. The minimum Gasteiger partial charge on any atom is -0.361 e. The Morgan fingerprint density at radius 3 is 2.78 bits per heavy atom. The molecule has 2 N–H and O–H groups in total. The summed E-state index contributed by atoms with van der Waals surface area (Å²) in [5.74, 6) is 0.875. The van der Waals surface area contributed by atoms with Gasteiger partial charge in [-0.25, -0.2) is 0 Å². The summed E-state index contributed by atoms with van der Waals surface area (Å²) in [6.07, 6.45) is 1.53. The van der Waals surface area contributed by atoms with E-state index in [-0.39, 0.29) is 11.8 Å². The lowest BCUT2D eigenvalue weighted by Crippen LogP contribution is -2.23. The summed E-state index contributed by atoms with van der Waals surface area (Å²) in [5.41, 5.74) is 2.82. The molecule has 118 valence electrons. The fourth-order valence-corrected chi connectivity index (χ4v) is 2.23. The van der Waals surface area contributed by atoms with Gasteiger partial charge in [0.05, 0.1) is 24.0 Å². The van der Waals surface area contributed by atoms with Gasteiger partial charge in [-0.1, -0.05) is 49.3 Å². The standard InChI is InChI=1S/C17H18N4O2/c1-11(2)15-8-13(21-23-15)9-18-17(22)14-10-19-20-16(14)12-6-4-3-5-7-12/h3-8,10-11H,9H2,1-2H3,(H,18,22)(H,19,20). The van der Waals surface area contributed by atoms with Gasteiger partial charge >= 0.3 is 0 Å². The molecule has 0 aliphatic heterocycles. The molecule has 0 saturated carbocycles. The van der Waals surface area contributed by atoms with Crippen molar-refractivity contribution in [1.82, 2.24) is 20.7 Å². The SMILES string of the molecule is CC(C)c1cc(CNC(=O)c2cn[nH]c2-c2ccccc2)no1. The largest absolute Gasteiger partial charge is 0.361 e. The number of carbonyl (C=O) groups excluding carboxylic acids is 1. The molecule has 2 heterocycles. The topological polar surface area (TPSA) is 83.8 Å². The van der Waals surface area contributed by atoms with Crippen LogP contribution in [0.4, 0.5) is 0 Å². The van der Waals surface area contributed by atoms with E-state index in [2.05, 4.69) is 20.7 Å². The summed E-state index contributed by atoms with van der Waals surface area (Å²) in [7, 11) is 0. The van der Waals surface area contributed by atoms with E-state index in [0.29, 0.717) is 23.5 Å². The number of aromatic amines is 1. The quantitative estimate of drug-likeness (QED) is 0.758. The number of nitrogens with one attached hydrogen (secondary N) is 2. The molecule has 0 atom stereocenters. The summed E-state index contributed by atoms with van der Waals surface area (Å²) >= 11 is 0. The predicted molar refractivity (Wildman–Crippen MR) is 85.8 cm³/mol. The number of benzene rings is 1. The molecular weight excluding hydrogens is 292 g/mol. The number of amides is 1. The van der Waals surface area contributed by atoms with Crippen molar-refractivity contribution in [2.45, 2.75) is 26.3 Å². The molecule has 1 aromatic carbocycles. The lowest BCUT2D eigenvalue weighted by molar-refractivity contribution is 0.0951. The van der Waals surface area contributed by atoms with E-state index in [1.807, 2.05) is 50.2 Å². The molecule has 1 amide bonds. The highest BCUT2D eigenvalue weighted by Gasteiger charge is 2.16. The molecular formula is C17H18N4O2. The van der Waals surface area contributed by atoms with Gasteiger partial charge in [0.1, 0.15) is 11.5 Å². The molecule has 0 unspecified atom stereocenters. The monoisotopic (exact) mass is 310 g/mol. The summed E-state index contributed by atoms with van der Waals surface area (Å²) in [6, 6.07) is 11.5. The maximum atomic E-state index is 12.4. The molecule has 6 nitrogen and oxygen atoms in total. The zero-order valence-corrected chi connectivity index (χ0v) is 13.0. The molecule has 0 spiro atoms. The Morgan fingerprint density at radius 2 is 2.09 bits per heavy atom. The van der Waals surface area contributed by atoms with Gasteiger partial charge in [0.15, 0.2) is 0 Å². The van der Waals surface area contributed by atoms with Crippen molar-refractivity contribution in [3.05, 3.63) is 59.6 Å². The molecule has 0 aliphatic carbocycles. The number of nitrogens with zero attached hydrogens (tertiary/aromatic N) is 2. The van der Waals surface area contributed by atoms with Crippen LogP contribution >= 0.6 is 0 Å². The van der Waals surface area contributed by atoms with Gasteiger partial charge in [0.25, 0.3) is 5.91 Å². The minimum atomic E-state index is -0.202. The van der Waals surface area contributed by atoms with Crippen LogP contribution in [0.5, 0.6) is 0 Å². The molecule has 0 saturated heterocycles. The highest BCUT2D eigenvalue weighted by atomic mass is 16.5. The van der Waals surface area contributed by atoms with Gasteiger partial charge in [-0.05, 0) is 0 Å². The minimum absolute atomic E-state index is 0.202. The van der Waals surface area contributed by atoms with Crippen LogP contribution in [0, 0.1) is 0 Å². The van der Waals surface area contributed by atoms with Crippen LogP contribution in [0.25, 0.3) is 11.3 Å². The maximum absolute atomic E-state index is 12.4. The van der Waals surface area contributed by atoms with Crippen molar-refractivity contribution in [1.29, 1.82) is 0 Å². The second-order valence-corrected chi connectivity index (χ2v) is 5.58. The third-order valence-corrected chi connectivity index (χ3v) is 3.52. The number of H-pyrrole nitrogens is 1. The van der Waals surface area contributed by atoms with Crippen molar-refractivity contribution >= 4 is 5.91 Å². The van der Waals surface area contributed by atoms with Crippen molar-refractivity contribution in [3.8, 4) is 11.3 Å². The highest BCUT2D eigenvalue weighted by molar-refractivity contribution is 5.99. The van der Waals surface area contributed by atoms with Crippen LogP contribution in [0.3, 0.4) is 0 Å². The zero-order valence-electron chi connectivity index (χ0n) is 13.0. The van der Waals surface area contributed by atoms with Gasteiger partial charge in [-0.3, -0.25) is 9.89 Å². The first-order chi connectivity index (χ1) is 11.1. The van der Waals surface area contributed by atoms with Gasteiger partial charge in [-0.2, -0.15) is 5.10 Å². The summed E-state index contributed by atoms with van der Waals surface area (Å²) in [5, 5.41) is 13.7. The fourth-order valence-electron chi connectivity index (χ4n) is 2.23. The van der Waals surface area contributed by atoms with E-state index in [4.69, 9.17) is 4.52 Å². The van der Waals surface area contributed by atoms with Crippen LogP contribution in [0.15, 0.2) is 47.1 Å². The van der Waals surface area contributed by atoms with E-state index < -0.39 is 0 Å². The normalized spacial score (nSPS) is 10.9. The smallest absolute Gasteiger partial charge is 0.255 e. The number of hydrogen-bond donors (Lipinski definition) is 2. The first-order valence-electron chi connectivity index (χ1n) is 7.47. The van der Waals surface area contributed by atoms with Crippen LogP contribution in [-0.4, -0.2) is 21.3 Å². The number of hydrogen-bond acceptors (Lipinski definition) is 4. The second-order valence-electron chi connectivity index (χ2n) is 5.58. The van der Waals surface area contributed by atoms with E-state index in [9.17, 15) is 4.79 Å². The molecule has 0 bridgehead atoms. The predicted octanol–water partition coefficient (Wildman–Crippen LogP) is 3.12. The first-order valence-corrected chi connectivity index (χ1v) is 7.47. The van der Waals surface area contributed by atoms with Gasteiger partial charge in [0.2, 0.25) is 0 Å². The summed E-state index contributed by atoms with van der Waals surface area (Å²) in [6.45, 7) is 4.37. The van der Waals surface area contributed by atoms with Crippen LogP contribution < -0.4 is 5.32 Å². The van der Waals surface area contributed by atoms with Crippen molar-refractivity contribution < 1.29 is 9.32 Å². The molecule has 3 rings (SSSR count). The van der Waals surface area contributed by atoms with E-state index in [1.54, 1.807) is 0 Å². The Morgan fingerprint density at radius 1 is 1.30 bits per heavy atom. The Balaban J connectivity index is 1.71. The molecule has 6 heteroatoms. The number of aromatic nitrogens is 3. The fraction of sp³-hybridized carbons (Fsp3) is 0.235. The Labute approximate surface area is 133 Å². The number of carbonyl (C=O) groups is 1. The van der Waals surface area contributed by atoms with Gasteiger partial charge in [-0.15, -0.1) is 0 Å². The Kier molecular flexibility index (Phi) is 4.23. The van der Waals surface area contributed by atoms with Crippen LogP contribution in [0.2, 0.25) is 0 Å². The highest BCUT2D eigenvalue weighted by Crippen LogP contribution is 2.20. The van der Waals surface area contributed by atoms with Crippen molar-refractivity contribution in [3.63, 3.8) is 0 Å². The lowest BCUT2D eigenvalue weighted by atomic mass is 10.1. The van der Waals surface area contributed by atoms with E-state index in [0.717, 1.165) is 11.3 Å². The van der Waals surface area contributed by atoms with Crippen molar-refractivity contribution in [2.24, 2.45) is 0 Å². The van der Waals surface area contributed by atoms with E-state index in [1.165, 1.54) is 6.20 Å². The molecule has 2 aromatic heterocycles. The number of rotatable bonds is 5. The van der Waals surface area contributed by atoms with Crippen LogP contribution in [0.1, 0.15) is 41.6 Å². The Bertz CT molecular complexity index is 790. The van der Waals surface area contributed by atoms with Crippen LogP contribution in [-0.2, 0) is 6.54 Å². The maximum Gasteiger partial charge on any atom is 0.255 e. The van der Waals surface area contributed by atoms with Gasteiger partial charge in [0, 0.05) is 17.5 Å². The molecule has 0 aliphatic rings. The molecule has 23 heavy (non-hydrogen) atoms. The average Bonchev–Trinajstić information content (AvgIpc) is 3.23. The molecule has 0 radical (unpaired) electrons. The first kappa shape index (κ1) is 15.0. The zero-order chi connectivity index (χ0) is 16.2. The van der Waals surface area contributed by atoms with E-state index >= 15 is 0 Å². The van der Waals surface area contributed by atoms with Gasteiger partial charge < -0.3 is 9.84 Å². The lowest BCUT2D eigenvalue weighted by Gasteiger charge is -2.04. The summed E-state index contributed by atoms with van der Waals surface area (Å²) < 4.78 is 5.22. The third kappa shape index (κ3) is 3.31. The Hall–Kier alpha value is -2.89.